The number of carbonyl (C=O) groups is 1. The summed E-state index contributed by atoms with van der Waals surface area (Å²) in [5.74, 6) is -1.16. The topological polar surface area (TPSA) is 93.7 Å². The van der Waals surface area contributed by atoms with Crippen LogP contribution in [0.15, 0.2) is 4.90 Å². The number of hydrogen-bond acceptors (Lipinski definition) is 4. The van der Waals surface area contributed by atoms with Crippen molar-refractivity contribution < 1.29 is 18.3 Å². The van der Waals surface area contributed by atoms with Crippen LogP contribution in [-0.4, -0.2) is 67.9 Å². The van der Waals surface area contributed by atoms with Gasteiger partial charge in [-0.3, -0.25) is 0 Å². The fourth-order valence-corrected chi connectivity index (χ4v) is 3.83. The lowest BCUT2D eigenvalue weighted by molar-refractivity contribution is 0.0690. The molecule has 2 N–H and O–H groups in total. The number of nitrogens with one attached hydrogen (secondary N) is 1. The second kappa shape index (κ2) is 6.59. The highest BCUT2D eigenvalue weighted by Crippen LogP contribution is 2.25. The highest BCUT2D eigenvalue weighted by Gasteiger charge is 2.29. The van der Waals surface area contributed by atoms with E-state index in [9.17, 15) is 13.2 Å². The second-order valence-electron chi connectivity index (χ2n) is 5.37. The Morgan fingerprint density at radius 3 is 2.19 bits per heavy atom. The summed E-state index contributed by atoms with van der Waals surface area (Å²) < 4.78 is 26.4. The molecule has 0 atom stereocenters. The molecule has 0 spiro atoms. The normalized spacial score (nSPS) is 12.3. The Bertz CT molecular complexity index is 620. The number of aryl methyl sites for hydroxylation is 1. The minimum absolute atomic E-state index is 0.0623. The fraction of sp³-hybridized carbons (Fsp3) is 0.615. The predicted molar refractivity (Wildman–Crippen MR) is 80.2 cm³/mol. The van der Waals surface area contributed by atoms with Gasteiger partial charge in [-0.25, -0.2) is 17.5 Å². The number of hydrogen-bond donors (Lipinski definition) is 2. The van der Waals surface area contributed by atoms with E-state index in [0.717, 1.165) is 6.54 Å². The molecule has 7 nitrogen and oxygen atoms in total. The van der Waals surface area contributed by atoms with Gasteiger partial charge < -0.3 is 15.0 Å². The Hall–Kier alpha value is -1.38. The molecule has 0 aliphatic rings. The van der Waals surface area contributed by atoms with Gasteiger partial charge in [-0.15, -0.1) is 0 Å². The average molecular weight is 317 g/mol. The third-order valence-electron chi connectivity index (χ3n) is 3.33. The molecule has 0 saturated heterocycles. The molecule has 8 heteroatoms. The van der Waals surface area contributed by atoms with Crippen molar-refractivity contribution in [1.82, 2.24) is 14.2 Å². The lowest BCUT2D eigenvalue weighted by Crippen LogP contribution is -2.30. The third-order valence-corrected chi connectivity index (χ3v) is 5.46. The first-order chi connectivity index (χ1) is 9.59. The molecule has 1 aromatic rings. The number of aromatic nitrogens is 1. The lowest BCUT2D eigenvalue weighted by atomic mass is 10.2. The van der Waals surface area contributed by atoms with Gasteiger partial charge in [-0.1, -0.05) is 0 Å². The molecule has 0 aliphatic heterocycles. The number of aromatic carboxylic acids is 1. The average Bonchev–Trinajstić information content (AvgIpc) is 2.64. The van der Waals surface area contributed by atoms with Gasteiger partial charge in [-0.05, 0) is 40.9 Å². The first-order valence-corrected chi connectivity index (χ1v) is 8.06. The van der Waals surface area contributed by atoms with Crippen LogP contribution < -0.4 is 0 Å². The molecule has 120 valence electrons. The summed E-state index contributed by atoms with van der Waals surface area (Å²) in [6, 6.07) is 0. The molecule has 0 amide bonds. The maximum atomic E-state index is 12.6. The fourth-order valence-electron chi connectivity index (χ4n) is 2.22. The van der Waals surface area contributed by atoms with E-state index in [1.165, 1.54) is 18.3 Å². The minimum Gasteiger partial charge on any atom is -0.477 e. The van der Waals surface area contributed by atoms with Crippen LogP contribution in [0.4, 0.5) is 0 Å². The molecule has 0 aromatic carbocycles. The zero-order valence-electron chi connectivity index (χ0n) is 13.1. The van der Waals surface area contributed by atoms with Crippen molar-refractivity contribution in [1.29, 1.82) is 0 Å². The summed E-state index contributed by atoms with van der Waals surface area (Å²) in [5.41, 5.74) is 0.525. The monoisotopic (exact) mass is 317 g/mol. The number of carboxylic acid groups (broad SMARTS) is 1. The van der Waals surface area contributed by atoms with Crippen molar-refractivity contribution in [3.8, 4) is 0 Å². The van der Waals surface area contributed by atoms with E-state index in [1.54, 1.807) is 6.92 Å². The van der Waals surface area contributed by atoms with E-state index in [1.807, 2.05) is 19.0 Å². The molecule has 0 unspecified atom stereocenters. The van der Waals surface area contributed by atoms with Gasteiger partial charge in [-0.2, -0.15) is 0 Å². The summed E-state index contributed by atoms with van der Waals surface area (Å²) in [6.45, 7) is 4.24. The Kier molecular flexibility index (Phi) is 5.54. The van der Waals surface area contributed by atoms with Crippen molar-refractivity contribution in [2.45, 2.75) is 25.2 Å². The van der Waals surface area contributed by atoms with Gasteiger partial charge in [0.05, 0.1) is 0 Å². The Morgan fingerprint density at radius 2 is 1.76 bits per heavy atom. The Balaban J connectivity index is 3.05. The van der Waals surface area contributed by atoms with Gasteiger partial charge in [0.2, 0.25) is 10.0 Å². The first-order valence-electron chi connectivity index (χ1n) is 6.62. The first kappa shape index (κ1) is 17.7. The molecule has 21 heavy (non-hydrogen) atoms. The summed E-state index contributed by atoms with van der Waals surface area (Å²) >= 11 is 0. The molecular formula is C13H23N3O4S. The maximum absolute atomic E-state index is 12.6. The van der Waals surface area contributed by atoms with Crippen molar-refractivity contribution in [2.75, 3.05) is 34.2 Å². The lowest BCUT2D eigenvalue weighted by Gasteiger charge is -2.19. The van der Waals surface area contributed by atoms with Crippen molar-refractivity contribution >= 4 is 16.0 Å². The Morgan fingerprint density at radius 1 is 1.19 bits per heavy atom. The largest absolute Gasteiger partial charge is 0.477 e. The van der Waals surface area contributed by atoms with Gasteiger partial charge in [0.25, 0.3) is 0 Å². The van der Waals surface area contributed by atoms with Gasteiger partial charge in [0.1, 0.15) is 10.6 Å². The van der Waals surface area contributed by atoms with Crippen molar-refractivity contribution in [3.63, 3.8) is 0 Å². The van der Waals surface area contributed by atoms with Crippen LogP contribution in [0.1, 0.15) is 28.2 Å². The number of rotatable bonds is 7. The molecule has 0 radical (unpaired) electrons. The van der Waals surface area contributed by atoms with Crippen molar-refractivity contribution in [3.05, 3.63) is 17.0 Å². The Labute approximate surface area is 125 Å². The zero-order valence-corrected chi connectivity index (χ0v) is 13.9. The third kappa shape index (κ3) is 3.84. The quantitative estimate of drug-likeness (QED) is 0.779. The predicted octanol–water partition coefficient (Wildman–Crippen LogP) is 0.902. The molecule has 1 heterocycles. The molecule has 0 aliphatic carbocycles. The van der Waals surface area contributed by atoms with Crippen LogP contribution in [0.25, 0.3) is 0 Å². The molecule has 1 rings (SSSR count). The summed E-state index contributed by atoms with van der Waals surface area (Å²) in [4.78, 5) is 15.8. The zero-order chi connectivity index (χ0) is 16.4. The standard InChI is InChI=1S/C13H23N3O4S/c1-9-11(13(17)18)14-10(2)12(9)21(19,20)16(5)8-6-7-15(3)4/h14H,6-8H2,1-5H3,(H,17,18). The molecule has 0 fully saturated rings. The highest BCUT2D eigenvalue weighted by atomic mass is 32.2. The minimum atomic E-state index is -3.69. The SMILES string of the molecule is Cc1[nH]c(C(=O)O)c(C)c1S(=O)(=O)N(C)CCCN(C)C. The maximum Gasteiger partial charge on any atom is 0.352 e. The van der Waals surface area contributed by atoms with E-state index >= 15 is 0 Å². The van der Waals surface area contributed by atoms with E-state index in [4.69, 9.17) is 5.11 Å². The van der Waals surface area contributed by atoms with Gasteiger partial charge in [0.15, 0.2) is 0 Å². The number of sulfonamides is 1. The summed E-state index contributed by atoms with van der Waals surface area (Å²) in [6.07, 6.45) is 0.705. The molecular weight excluding hydrogens is 294 g/mol. The van der Waals surface area contributed by atoms with Crippen LogP contribution in [0, 0.1) is 13.8 Å². The van der Waals surface area contributed by atoms with Crippen LogP contribution in [0.5, 0.6) is 0 Å². The van der Waals surface area contributed by atoms with E-state index in [2.05, 4.69) is 4.98 Å². The van der Waals surface area contributed by atoms with E-state index in [0.29, 0.717) is 18.7 Å². The molecule has 0 saturated carbocycles. The van der Waals surface area contributed by atoms with Gasteiger partial charge in [0, 0.05) is 24.8 Å². The second-order valence-corrected chi connectivity index (χ2v) is 7.35. The van der Waals surface area contributed by atoms with Gasteiger partial charge >= 0.3 is 5.97 Å². The number of nitrogens with zero attached hydrogens (tertiary/aromatic N) is 2. The summed E-state index contributed by atoms with van der Waals surface area (Å²) in [5, 5.41) is 9.07. The van der Waals surface area contributed by atoms with Crippen LogP contribution in [0.2, 0.25) is 0 Å². The van der Waals surface area contributed by atoms with Crippen LogP contribution >= 0.6 is 0 Å². The number of H-pyrrole nitrogens is 1. The molecule has 1 aromatic heterocycles. The number of aromatic amines is 1. The van der Waals surface area contributed by atoms with Crippen molar-refractivity contribution in [2.24, 2.45) is 0 Å². The number of carboxylic acids is 1. The van der Waals surface area contributed by atoms with E-state index < -0.39 is 16.0 Å². The highest BCUT2D eigenvalue weighted by molar-refractivity contribution is 7.89. The van der Waals surface area contributed by atoms with E-state index in [-0.39, 0.29) is 16.2 Å². The molecule has 0 bridgehead atoms. The smallest absolute Gasteiger partial charge is 0.352 e. The van der Waals surface area contributed by atoms with Crippen LogP contribution in [0.3, 0.4) is 0 Å². The summed E-state index contributed by atoms with van der Waals surface area (Å²) in [7, 11) is 1.67. The van der Waals surface area contributed by atoms with Crippen LogP contribution in [-0.2, 0) is 10.0 Å².